The molecular weight excluding hydrogens is 291 g/mol. The summed E-state index contributed by atoms with van der Waals surface area (Å²) in [6, 6.07) is 8.26. The molecule has 0 bridgehead atoms. The Labute approximate surface area is 128 Å². The Morgan fingerprint density at radius 2 is 2.29 bits per heavy atom. The van der Waals surface area contributed by atoms with Crippen molar-refractivity contribution < 1.29 is 9.13 Å². The zero-order valence-electron chi connectivity index (χ0n) is 11.7. The van der Waals surface area contributed by atoms with Gasteiger partial charge in [-0.1, -0.05) is 12.1 Å². The van der Waals surface area contributed by atoms with Crippen molar-refractivity contribution in [1.29, 1.82) is 0 Å². The van der Waals surface area contributed by atoms with Crippen LogP contribution in [-0.2, 0) is 11.3 Å². The number of rotatable bonds is 6. The Kier molecular flexibility index (Phi) is 5.65. The van der Waals surface area contributed by atoms with Crippen LogP contribution in [0.1, 0.15) is 5.56 Å². The van der Waals surface area contributed by atoms with Crippen LogP contribution < -0.4 is 10.6 Å². The van der Waals surface area contributed by atoms with Crippen LogP contribution in [0.25, 0.3) is 0 Å². The average molecular weight is 308 g/mol. The van der Waals surface area contributed by atoms with Gasteiger partial charge >= 0.3 is 0 Å². The van der Waals surface area contributed by atoms with E-state index in [1.54, 1.807) is 17.9 Å². The molecule has 5 nitrogen and oxygen atoms in total. The van der Waals surface area contributed by atoms with Crippen molar-refractivity contribution >= 4 is 23.1 Å². The second-order valence-electron chi connectivity index (χ2n) is 4.40. The number of thiocarbonyl (C=S) groups is 1. The first-order valence-corrected chi connectivity index (χ1v) is 6.90. The monoisotopic (exact) mass is 308 g/mol. The van der Waals surface area contributed by atoms with E-state index in [0.29, 0.717) is 30.6 Å². The van der Waals surface area contributed by atoms with Gasteiger partial charge in [0.05, 0.1) is 13.2 Å². The summed E-state index contributed by atoms with van der Waals surface area (Å²) in [7, 11) is 1.63. The molecule has 2 rings (SSSR count). The molecule has 1 aromatic carbocycles. The van der Waals surface area contributed by atoms with Crippen LogP contribution in [0, 0.1) is 5.82 Å². The minimum Gasteiger partial charge on any atom is -0.383 e. The lowest BCUT2D eigenvalue weighted by Crippen LogP contribution is -2.31. The summed E-state index contributed by atoms with van der Waals surface area (Å²) in [5.41, 5.74) is 0.852. The molecule has 112 valence electrons. The highest BCUT2D eigenvalue weighted by molar-refractivity contribution is 7.80. The molecule has 2 aromatic rings. The van der Waals surface area contributed by atoms with E-state index in [1.165, 1.54) is 12.1 Å². The summed E-state index contributed by atoms with van der Waals surface area (Å²) < 4.78 is 19.8. The number of hydrogen-bond donors (Lipinski definition) is 2. The van der Waals surface area contributed by atoms with E-state index in [2.05, 4.69) is 15.7 Å². The predicted octanol–water partition coefficient (Wildman–Crippen LogP) is 2.00. The third kappa shape index (κ3) is 5.13. The molecule has 0 atom stereocenters. The number of hydrogen-bond acceptors (Lipinski definition) is 3. The van der Waals surface area contributed by atoms with E-state index < -0.39 is 0 Å². The summed E-state index contributed by atoms with van der Waals surface area (Å²) in [5, 5.41) is 10.8. The van der Waals surface area contributed by atoms with Gasteiger partial charge in [0.15, 0.2) is 10.9 Å². The van der Waals surface area contributed by atoms with E-state index in [-0.39, 0.29) is 5.82 Å². The molecule has 1 heterocycles. The minimum absolute atomic E-state index is 0.249. The normalized spacial score (nSPS) is 10.4. The first kappa shape index (κ1) is 15.4. The third-order valence-corrected chi connectivity index (χ3v) is 2.95. The van der Waals surface area contributed by atoms with Gasteiger partial charge in [0, 0.05) is 25.9 Å². The van der Waals surface area contributed by atoms with Gasteiger partial charge in [0.1, 0.15) is 5.82 Å². The summed E-state index contributed by atoms with van der Waals surface area (Å²) in [6.07, 6.45) is 1.81. The van der Waals surface area contributed by atoms with Crippen molar-refractivity contribution in [1.82, 2.24) is 15.1 Å². The Bertz CT molecular complexity index is 602. The molecule has 2 N–H and O–H groups in total. The maximum Gasteiger partial charge on any atom is 0.172 e. The van der Waals surface area contributed by atoms with Crippen molar-refractivity contribution in [2.24, 2.45) is 0 Å². The molecule has 0 fully saturated rings. The molecule has 0 saturated carbocycles. The third-order valence-electron chi connectivity index (χ3n) is 2.71. The van der Waals surface area contributed by atoms with Gasteiger partial charge in [0.25, 0.3) is 0 Å². The maximum atomic E-state index is 13.1. The first-order valence-electron chi connectivity index (χ1n) is 6.49. The van der Waals surface area contributed by atoms with E-state index in [9.17, 15) is 4.39 Å². The zero-order chi connectivity index (χ0) is 15.1. The van der Waals surface area contributed by atoms with Crippen molar-refractivity contribution in [2.45, 2.75) is 6.54 Å². The van der Waals surface area contributed by atoms with Crippen molar-refractivity contribution in [2.75, 3.05) is 25.6 Å². The van der Waals surface area contributed by atoms with Crippen molar-refractivity contribution in [3.63, 3.8) is 0 Å². The Morgan fingerprint density at radius 3 is 3.05 bits per heavy atom. The Balaban J connectivity index is 1.88. The number of ether oxygens (including phenoxy) is 1. The predicted molar refractivity (Wildman–Crippen MR) is 83.8 cm³/mol. The largest absolute Gasteiger partial charge is 0.383 e. The molecule has 0 aliphatic carbocycles. The lowest BCUT2D eigenvalue weighted by molar-refractivity contribution is 0.204. The van der Waals surface area contributed by atoms with Crippen molar-refractivity contribution in [3.05, 3.63) is 47.9 Å². The number of anilines is 1. The van der Waals surface area contributed by atoms with E-state index in [0.717, 1.165) is 5.56 Å². The van der Waals surface area contributed by atoms with E-state index in [1.807, 2.05) is 18.3 Å². The van der Waals surface area contributed by atoms with Gasteiger partial charge in [-0.25, -0.2) is 4.39 Å². The lowest BCUT2D eigenvalue weighted by Gasteiger charge is -2.07. The summed E-state index contributed by atoms with van der Waals surface area (Å²) in [5.74, 6) is 0.392. The molecule has 0 spiro atoms. The number of benzene rings is 1. The number of nitrogens with one attached hydrogen (secondary N) is 2. The van der Waals surface area contributed by atoms with Gasteiger partial charge in [-0.15, -0.1) is 0 Å². The standard InChI is InChI=1S/C14H17FN4OS/c1-20-8-6-16-14(21)17-13-5-7-19(18-13)10-11-3-2-4-12(15)9-11/h2-5,7,9H,6,8,10H2,1H3,(H2,16,17,18,21). The Morgan fingerprint density at radius 1 is 1.43 bits per heavy atom. The lowest BCUT2D eigenvalue weighted by atomic mass is 10.2. The molecule has 7 heteroatoms. The van der Waals surface area contributed by atoms with Gasteiger partial charge < -0.3 is 15.4 Å². The number of methoxy groups -OCH3 is 1. The second-order valence-corrected chi connectivity index (χ2v) is 4.81. The molecule has 21 heavy (non-hydrogen) atoms. The van der Waals surface area contributed by atoms with Crippen LogP contribution in [0.4, 0.5) is 10.2 Å². The molecule has 0 aliphatic heterocycles. The highest BCUT2D eigenvalue weighted by Crippen LogP contribution is 2.08. The van der Waals surface area contributed by atoms with Gasteiger partial charge in [-0.05, 0) is 29.9 Å². The van der Waals surface area contributed by atoms with Gasteiger partial charge in [-0.2, -0.15) is 5.10 Å². The first-order chi connectivity index (χ1) is 10.2. The van der Waals surface area contributed by atoms with Crippen LogP contribution in [0.5, 0.6) is 0 Å². The molecule has 1 aromatic heterocycles. The van der Waals surface area contributed by atoms with Crippen LogP contribution in [0.3, 0.4) is 0 Å². The van der Waals surface area contributed by atoms with Crippen LogP contribution in [0.15, 0.2) is 36.5 Å². The number of aromatic nitrogens is 2. The minimum atomic E-state index is -0.249. The average Bonchev–Trinajstić information content (AvgIpc) is 2.86. The van der Waals surface area contributed by atoms with E-state index in [4.69, 9.17) is 17.0 Å². The number of halogens is 1. The number of nitrogens with zero attached hydrogens (tertiary/aromatic N) is 2. The summed E-state index contributed by atoms with van der Waals surface area (Å²) >= 11 is 5.13. The van der Waals surface area contributed by atoms with Crippen LogP contribution in [-0.4, -0.2) is 35.2 Å². The quantitative estimate of drug-likeness (QED) is 0.631. The highest BCUT2D eigenvalue weighted by atomic mass is 32.1. The highest BCUT2D eigenvalue weighted by Gasteiger charge is 2.03. The second kappa shape index (κ2) is 7.70. The molecular formula is C14H17FN4OS. The fraction of sp³-hybridized carbons (Fsp3) is 0.286. The molecule has 0 saturated heterocycles. The van der Waals surface area contributed by atoms with Gasteiger partial charge in [0.2, 0.25) is 0 Å². The van der Waals surface area contributed by atoms with Gasteiger partial charge in [-0.3, -0.25) is 4.68 Å². The maximum absolute atomic E-state index is 13.1. The van der Waals surface area contributed by atoms with Crippen LogP contribution in [0.2, 0.25) is 0 Å². The zero-order valence-corrected chi connectivity index (χ0v) is 12.5. The topological polar surface area (TPSA) is 51.1 Å². The fourth-order valence-electron chi connectivity index (χ4n) is 1.77. The smallest absolute Gasteiger partial charge is 0.172 e. The summed E-state index contributed by atoms with van der Waals surface area (Å²) in [4.78, 5) is 0. The molecule has 0 unspecified atom stereocenters. The SMILES string of the molecule is COCCNC(=S)Nc1ccn(Cc2cccc(F)c2)n1. The Hall–Kier alpha value is -1.99. The fourth-order valence-corrected chi connectivity index (χ4v) is 1.97. The molecule has 0 aliphatic rings. The molecule has 0 amide bonds. The van der Waals surface area contributed by atoms with Crippen LogP contribution >= 0.6 is 12.2 Å². The molecule has 0 radical (unpaired) electrons. The van der Waals surface area contributed by atoms with E-state index >= 15 is 0 Å². The summed E-state index contributed by atoms with van der Waals surface area (Å²) in [6.45, 7) is 1.71. The van der Waals surface area contributed by atoms with Crippen molar-refractivity contribution in [3.8, 4) is 0 Å².